The van der Waals surface area contributed by atoms with E-state index in [1.54, 1.807) is 6.07 Å². The molecule has 0 saturated heterocycles. The molecule has 110 valence electrons. The van der Waals surface area contributed by atoms with Crippen LogP contribution < -0.4 is 5.32 Å². The number of rotatable bonds is 4. The number of aryl methyl sites for hydroxylation is 1. The lowest BCUT2D eigenvalue weighted by Gasteiger charge is -2.08. The second-order valence-corrected chi connectivity index (χ2v) is 4.63. The summed E-state index contributed by atoms with van der Waals surface area (Å²) in [5.74, 6) is -1.01. The van der Waals surface area contributed by atoms with Crippen molar-refractivity contribution in [2.75, 3.05) is 11.9 Å². The molecule has 0 bridgehead atoms. The number of esters is 1. The molecule has 22 heavy (non-hydrogen) atoms. The van der Waals surface area contributed by atoms with Crippen molar-refractivity contribution in [2.24, 2.45) is 0 Å². The van der Waals surface area contributed by atoms with Gasteiger partial charge in [-0.15, -0.1) is 0 Å². The normalized spacial score (nSPS) is 9.64. The summed E-state index contributed by atoms with van der Waals surface area (Å²) in [6.07, 6.45) is 0. The van der Waals surface area contributed by atoms with Crippen molar-refractivity contribution >= 4 is 17.6 Å². The molecule has 0 radical (unpaired) electrons. The zero-order valence-electron chi connectivity index (χ0n) is 12.0. The van der Waals surface area contributed by atoms with E-state index < -0.39 is 11.9 Å². The third-order valence-corrected chi connectivity index (χ3v) is 3.00. The van der Waals surface area contributed by atoms with Gasteiger partial charge in [0.05, 0.1) is 17.2 Å². The first-order valence-electron chi connectivity index (χ1n) is 6.63. The number of ether oxygens (including phenoxy) is 1. The quantitative estimate of drug-likeness (QED) is 0.879. The summed E-state index contributed by atoms with van der Waals surface area (Å²) in [7, 11) is 0. The third-order valence-electron chi connectivity index (χ3n) is 3.00. The molecule has 0 aliphatic heterocycles. The Labute approximate surface area is 128 Å². The van der Waals surface area contributed by atoms with E-state index in [-0.39, 0.29) is 6.61 Å². The molecule has 5 nitrogen and oxygen atoms in total. The standard InChI is InChI=1S/C17H14N2O3/c1-12-4-2-3-5-15(12)19-16(20)11-22-17(21)14-8-6-13(10-18)7-9-14/h2-9H,11H2,1H3,(H,19,20). The maximum Gasteiger partial charge on any atom is 0.338 e. The van der Waals surface area contributed by atoms with Crippen LogP contribution in [0.3, 0.4) is 0 Å². The lowest BCUT2D eigenvalue weighted by molar-refractivity contribution is -0.119. The molecular formula is C17H14N2O3. The topological polar surface area (TPSA) is 79.2 Å². The summed E-state index contributed by atoms with van der Waals surface area (Å²) in [6.45, 7) is 1.51. The van der Waals surface area contributed by atoms with E-state index in [2.05, 4.69) is 5.32 Å². The highest BCUT2D eigenvalue weighted by atomic mass is 16.5. The van der Waals surface area contributed by atoms with E-state index in [9.17, 15) is 9.59 Å². The predicted molar refractivity (Wildman–Crippen MR) is 81.2 cm³/mol. The Hall–Kier alpha value is -3.13. The van der Waals surface area contributed by atoms with Crippen molar-refractivity contribution in [2.45, 2.75) is 6.92 Å². The second-order valence-electron chi connectivity index (χ2n) is 4.63. The van der Waals surface area contributed by atoms with E-state index in [0.29, 0.717) is 16.8 Å². The molecule has 0 unspecified atom stereocenters. The van der Waals surface area contributed by atoms with Crippen molar-refractivity contribution in [1.82, 2.24) is 0 Å². The Bertz CT molecular complexity index is 730. The fraction of sp³-hybridized carbons (Fsp3) is 0.118. The van der Waals surface area contributed by atoms with Crippen LogP contribution in [0.1, 0.15) is 21.5 Å². The zero-order chi connectivity index (χ0) is 15.9. The van der Waals surface area contributed by atoms with Crippen molar-refractivity contribution in [3.05, 3.63) is 65.2 Å². The van der Waals surface area contributed by atoms with Gasteiger partial charge in [0, 0.05) is 5.69 Å². The number of carbonyl (C=O) groups is 2. The van der Waals surface area contributed by atoms with Gasteiger partial charge in [0.15, 0.2) is 6.61 Å². The number of nitriles is 1. The van der Waals surface area contributed by atoms with E-state index in [4.69, 9.17) is 10.00 Å². The van der Waals surface area contributed by atoms with Crippen molar-refractivity contribution in [1.29, 1.82) is 5.26 Å². The van der Waals surface area contributed by atoms with Crippen LogP contribution in [-0.2, 0) is 9.53 Å². The number of amides is 1. The Morgan fingerprint density at radius 3 is 2.45 bits per heavy atom. The second kappa shape index (κ2) is 7.04. The lowest BCUT2D eigenvalue weighted by atomic mass is 10.1. The van der Waals surface area contributed by atoms with Crippen LogP contribution in [0.15, 0.2) is 48.5 Å². The van der Waals surface area contributed by atoms with E-state index in [1.165, 1.54) is 24.3 Å². The minimum atomic E-state index is -0.607. The van der Waals surface area contributed by atoms with Crippen LogP contribution in [0.4, 0.5) is 5.69 Å². The first-order valence-corrected chi connectivity index (χ1v) is 6.63. The molecule has 0 heterocycles. The molecule has 0 aromatic heterocycles. The first-order chi connectivity index (χ1) is 10.6. The molecule has 0 fully saturated rings. The van der Waals surface area contributed by atoms with Crippen LogP contribution in [0.25, 0.3) is 0 Å². The molecular weight excluding hydrogens is 280 g/mol. The number of nitrogens with one attached hydrogen (secondary N) is 1. The maximum atomic E-state index is 11.8. The Morgan fingerprint density at radius 1 is 1.14 bits per heavy atom. The van der Waals surface area contributed by atoms with Crippen LogP contribution in [0, 0.1) is 18.3 Å². The number of benzene rings is 2. The SMILES string of the molecule is Cc1ccccc1NC(=O)COC(=O)c1ccc(C#N)cc1. The molecule has 5 heteroatoms. The van der Waals surface area contributed by atoms with Crippen LogP contribution >= 0.6 is 0 Å². The summed E-state index contributed by atoms with van der Waals surface area (Å²) in [4.78, 5) is 23.6. The molecule has 1 N–H and O–H groups in total. The Morgan fingerprint density at radius 2 is 1.82 bits per heavy atom. The smallest absolute Gasteiger partial charge is 0.338 e. The summed E-state index contributed by atoms with van der Waals surface area (Å²) in [5, 5.41) is 11.4. The highest BCUT2D eigenvalue weighted by Gasteiger charge is 2.11. The lowest BCUT2D eigenvalue weighted by Crippen LogP contribution is -2.21. The van der Waals surface area contributed by atoms with Crippen molar-refractivity contribution < 1.29 is 14.3 Å². The molecule has 0 aliphatic carbocycles. The third kappa shape index (κ3) is 3.93. The number of hydrogen-bond acceptors (Lipinski definition) is 4. The van der Waals surface area contributed by atoms with Gasteiger partial charge in [0.2, 0.25) is 0 Å². The van der Waals surface area contributed by atoms with Gasteiger partial charge in [-0.1, -0.05) is 18.2 Å². The van der Waals surface area contributed by atoms with Gasteiger partial charge in [-0.25, -0.2) is 4.79 Å². The fourth-order valence-corrected chi connectivity index (χ4v) is 1.79. The summed E-state index contributed by atoms with van der Waals surface area (Å²) in [6, 6.07) is 15.3. The van der Waals surface area contributed by atoms with Gasteiger partial charge in [-0.05, 0) is 42.8 Å². The van der Waals surface area contributed by atoms with Crippen LogP contribution in [-0.4, -0.2) is 18.5 Å². The molecule has 0 saturated carbocycles. The Kier molecular flexibility index (Phi) is 4.89. The zero-order valence-corrected chi connectivity index (χ0v) is 12.0. The van der Waals surface area contributed by atoms with Gasteiger partial charge in [0.25, 0.3) is 5.91 Å². The van der Waals surface area contributed by atoms with Gasteiger partial charge in [0.1, 0.15) is 0 Å². The monoisotopic (exact) mass is 294 g/mol. The summed E-state index contributed by atoms with van der Waals surface area (Å²) >= 11 is 0. The summed E-state index contributed by atoms with van der Waals surface area (Å²) < 4.78 is 4.94. The van der Waals surface area contributed by atoms with Crippen LogP contribution in [0.5, 0.6) is 0 Å². The van der Waals surface area contributed by atoms with Gasteiger partial charge < -0.3 is 10.1 Å². The minimum Gasteiger partial charge on any atom is -0.452 e. The maximum absolute atomic E-state index is 11.8. The molecule has 2 aromatic carbocycles. The fourth-order valence-electron chi connectivity index (χ4n) is 1.79. The molecule has 2 rings (SSSR count). The number of nitrogens with zero attached hydrogens (tertiary/aromatic N) is 1. The van der Waals surface area contributed by atoms with E-state index in [0.717, 1.165) is 5.56 Å². The average molecular weight is 294 g/mol. The summed E-state index contributed by atoms with van der Waals surface area (Å²) in [5.41, 5.74) is 2.35. The number of carbonyl (C=O) groups excluding carboxylic acids is 2. The predicted octanol–water partition coefficient (Wildman–Crippen LogP) is 2.66. The largest absolute Gasteiger partial charge is 0.452 e. The van der Waals surface area contributed by atoms with Gasteiger partial charge in [-0.3, -0.25) is 4.79 Å². The minimum absolute atomic E-state index is 0.294. The number of anilines is 1. The number of hydrogen-bond donors (Lipinski definition) is 1. The van der Waals surface area contributed by atoms with Gasteiger partial charge >= 0.3 is 5.97 Å². The molecule has 2 aromatic rings. The molecule has 0 spiro atoms. The average Bonchev–Trinajstić information content (AvgIpc) is 2.55. The van der Waals surface area contributed by atoms with Crippen molar-refractivity contribution in [3.63, 3.8) is 0 Å². The van der Waals surface area contributed by atoms with Crippen molar-refractivity contribution in [3.8, 4) is 6.07 Å². The highest BCUT2D eigenvalue weighted by molar-refractivity contribution is 5.95. The van der Waals surface area contributed by atoms with Gasteiger partial charge in [-0.2, -0.15) is 5.26 Å². The van der Waals surface area contributed by atoms with E-state index in [1.807, 2.05) is 31.2 Å². The molecule has 0 aliphatic rings. The number of para-hydroxylation sites is 1. The van der Waals surface area contributed by atoms with Crippen LogP contribution in [0.2, 0.25) is 0 Å². The molecule has 0 atom stereocenters. The first kappa shape index (κ1) is 15.3. The Balaban J connectivity index is 1.89. The highest BCUT2D eigenvalue weighted by Crippen LogP contribution is 2.13. The van der Waals surface area contributed by atoms with E-state index >= 15 is 0 Å². The molecule has 1 amide bonds.